The van der Waals surface area contributed by atoms with Crippen LogP contribution in [0, 0.1) is 24.0 Å². The highest BCUT2D eigenvalue weighted by atomic mass is 16.6. The lowest BCUT2D eigenvalue weighted by Gasteiger charge is -2.10. The van der Waals surface area contributed by atoms with Gasteiger partial charge in [0, 0.05) is 34.8 Å². The highest BCUT2D eigenvalue weighted by Gasteiger charge is 2.17. The summed E-state index contributed by atoms with van der Waals surface area (Å²) in [6, 6.07) is 21.3. The summed E-state index contributed by atoms with van der Waals surface area (Å²) in [5.74, 6) is -0.530. The molecule has 1 N–H and O–H groups in total. The molecule has 12 heteroatoms. The zero-order chi connectivity index (χ0) is 29.6. The zero-order valence-corrected chi connectivity index (χ0v) is 22.5. The summed E-state index contributed by atoms with van der Waals surface area (Å²) < 4.78 is 23.8. The number of nitrogens with zero attached hydrogens (tertiary/aromatic N) is 3. The van der Waals surface area contributed by atoms with Crippen molar-refractivity contribution in [3.8, 4) is 17.2 Å². The van der Waals surface area contributed by atoms with Gasteiger partial charge in [0.1, 0.15) is 23.9 Å². The van der Waals surface area contributed by atoms with Gasteiger partial charge in [-0.2, -0.15) is 5.10 Å². The summed E-state index contributed by atoms with van der Waals surface area (Å²) in [6.45, 7) is 4.17. The van der Waals surface area contributed by atoms with Gasteiger partial charge in [0.05, 0.1) is 17.4 Å². The topological polar surface area (TPSA) is 151 Å². The number of carbonyl (C=O) groups excluding carboxylic acids is 2. The molecule has 3 aromatic heterocycles. The molecule has 5 aromatic rings. The molecule has 0 spiro atoms. The average Bonchev–Trinajstić information content (AvgIpc) is 3.75. The first kappa shape index (κ1) is 27.6. The predicted molar refractivity (Wildman–Crippen MR) is 150 cm³/mol. The Morgan fingerprint density at radius 1 is 1.00 bits per heavy atom. The minimum Gasteiger partial charge on any atom is -0.486 e. The lowest BCUT2D eigenvalue weighted by molar-refractivity contribution is -0.384. The van der Waals surface area contributed by atoms with Crippen LogP contribution in [-0.2, 0) is 6.61 Å². The van der Waals surface area contributed by atoms with Gasteiger partial charge in [0.25, 0.3) is 5.69 Å². The van der Waals surface area contributed by atoms with Crippen molar-refractivity contribution in [2.24, 2.45) is 5.10 Å². The molecule has 1 amide bonds. The van der Waals surface area contributed by atoms with E-state index in [2.05, 4.69) is 27.2 Å². The number of ether oxygens (including phenoxy) is 2. The van der Waals surface area contributed by atoms with Crippen LogP contribution in [0.5, 0.6) is 11.5 Å². The summed E-state index contributed by atoms with van der Waals surface area (Å²) in [7, 11) is 0. The Morgan fingerprint density at radius 3 is 2.45 bits per heavy atom. The van der Waals surface area contributed by atoms with Crippen LogP contribution in [-0.4, -0.2) is 27.6 Å². The number of aryl methyl sites for hydroxylation is 2. The average molecular weight is 569 g/mol. The number of hydrogen-bond donors (Lipinski definition) is 1. The van der Waals surface area contributed by atoms with Crippen molar-refractivity contribution < 1.29 is 32.8 Å². The number of non-ortho nitro benzene ring substituents is 1. The van der Waals surface area contributed by atoms with Crippen molar-refractivity contribution in [3.63, 3.8) is 0 Å². The molecule has 0 saturated carbocycles. The molecule has 0 aliphatic carbocycles. The third-order valence-corrected chi connectivity index (χ3v) is 6.13. The SMILES string of the molecule is Cc1ccc(C)n1-c1ccc(OCc2ccc(C(=O)N/N=C/c3cc([N+](=O)[O-])ccc3OC(=O)c3ccco3)o2)cc1. The molecule has 42 heavy (non-hydrogen) atoms. The predicted octanol–water partition coefficient (Wildman–Crippen LogP) is 5.75. The number of benzene rings is 2. The van der Waals surface area contributed by atoms with E-state index in [0.717, 1.165) is 29.4 Å². The minimum atomic E-state index is -0.806. The largest absolute Gasteiger partial charge is 0.486 e. The number of aromatic nitrogens is 1. The molecule has 2 aromatic carbocycles. The standard InChI is InChI=1S/C30H24N4O8/c1-19-5-6-20(2)33(19)22-7-10-24(11-8-22)40-18-25-12-14-27(41-25)29(35)32-31-17-21-16-23(34(37)38)9-13-26(21)42-30(36)28-4-3-15-39-28/h3-17H,18H2,1-2H3,(H,32,35)/b31-17+. The Labute approximate surface area is 238 Å². The number of nitro groups is 1. The molecule has 0 aliphatic heterocycles. The molecule has 0 aliphatic rings. The fraction of sp³-hybridized carbons (Fsp3) is 0.100. The summed E-state index contributed by atoms with van der Waals surface area (Å²) in [5, 5.41) is 15.1. The van der Waals surface area contributed by atoms with Crippen LogP contribution in [0.1, 0.15) is 43.8 Å². The normalized spacial score (nSPS) is 11.0. The van der Waals surface area contributed by atoms with Gasteiger partial charge >= 0.3 is 11.9 Å². The highest BCUT2D eigenvalue weighted by molar-refractivity contribution is 5.94. The second-order valence-electron chi connectivity index (χ2n) is 9.05. The molecule has 0 unspecified atom stereocenters. The van der Waals surface area contributed by atoms with Gasteiger partial charge in [-0.15, -0.1) is 0 Å². The monoisotopic (exact) mass is 568 g/mol. The number of nitro benzene ring substituents is 1. The maximum atomic E-state index is 12.6. The molecule has 3 heterocycles. The van der Waals surface area contributed by atoms with Crippen LogP contribution in [0.4, 0.5) is 5.69 Å². The summed E-state index contributed by atoms with van der Waals surface area (Å²) >= 11 is 0. The van der Waals surface area contributed by atoms with Gasteiger partial charge in [-0.1, -0.05) is 0 Å². The van der Waals surface area contributed by atoms with Crippen LogP contribution in [0.3, 0.4) is 0 Å². The summed E-state index contributed by atoms with van der Waals surface area (Å²) in [5.41, 5.74) is 5.38. The second kappa shape index (κ2) is 12.1. The fourth-order valence-electron chi connectivity index (χ4n) is 4.10. The maximum Gasteiger partial charge on any atom is 0.379 e. The van der Waals surface area contributed by atoms with Crippen molar-refractivity contribution in [3.05, 3.63) is 129 Å². The molecule has 0 radical (unpaired) electrons. The lowest BCUT2D eigenvalue weighted by atomic mass is 10.2. The van der Waals surface area contributed by atoms with Gasteiger partial charge < -0.3 is 22.9 Å². The van der Waals surface area contributed by atoms with Gasteiger partial charge in [-0.05, 0) is 80.6 Å². The highest BCUT2D eigenvalue weighted by Crippen LogP contribution is 2.24. The van der Waals surface area contributed by atoms with E-state index in [-0.39, 0.29) is 35.1 Å². The minimum absolute atomic E-state index is 0.0240. The number of hydrazone groups is 1. The van der Waals surface area contributed by atoms with Crippen LogP contribution in [0.15, 0.2) is 99.1 Å². The van der Waals surface area contributed by atoms with E-state index in [0.29, 0.717) is 11.5 Å². The number of rotatable bonds is 10. The van der Waals surface area contributed by atoms with Crippen molar-refractivity contribution in [1.29, 1.82) is 0 Å². The Kier molecular flexibility index (Phi) is 7.96. The van der Waals surface area contributed by atoms with E-state index >= 15 is 0 Å². The molecule has 0 atom stereocenters. The third-order valence-electron chi connectivity index (χ3n) is 6.13. The van der Waals surface area contributed by atoms with E-state index in [9.17, 15) is 19.7 Å². The molecule has 5 rings (SSSR count). The fourth-order valence-corrected chi connectivity index (χ4v) is 4.10. The molecular formula is C30H24N4O8. The number of nitrogens with one attached hydrogen (secondary N) is 1. The van der Waals surface area contributed by atoms with Gasteiger partial charge in [-0.3, -0.25) is 14.9 Å². The summed E-state index contributed by atoms with van der Waals surface area (Å²) in [6.07, 6.45) is 2.42. The van der Waals surface area contributed by atoms with E-state index < -0.39 is 16.8 Å². The van der Waals surface area contributed by atoms with Gasteiger partial charge in [-0.25, -0.2) is 10.2 Å². The molecule has 0 bridgehead atoms. The van der Waals surface area contributed by atoms with E-state index in [1.807, 2.05) is 38.1 Å². The molecule has 212 valence electrons. The van der Waals surface area contributed by atoms with Crippen LogP contribution >= 0.6 is 0 Å². The van der Waals surface area contributed by atoms with E-state index in [1.165, 1.54) is 36.6 Å². The van der Waals surface area contributed by atoms with Crippen molar-refractivity contribution in [1.82, 2.24) is 9.99 Å². The first-order chi connectivity index (χ1) is 20.3. The lowest BCUT2D eigenvalue weighted by Crippen LogP contribution is -2.17. The smallest absolute Gasteiger partial charge is 0.379 e. The number of hydrogen-bond acceptors (Lipinski definition) is 9. The molecular weight excluding hydrogens is 544 g/mol. The van der Waals surface area contributed by atoms with Crippen molar-refractivity contribution in [2.75, 3.05) is 0 Å². The van der Waals surface area contributed by atoms with Gasteiger partial charge in [0.15, 0.2) is 5.76 Å². The Balaban J connectivity index is 1.20. The van der Waals surface area contributed by atoms with Crippen molar-refractivity contribution >= 4 is 23.8 Å². The second-order valence-corrected chi connectivity index (χ2v) is 9.05. The van der Waals surface area contributed by atoms with Crippen LogP contribution in [0.2, 0.25) is 0 Å². The first-order valence-corrected chi connectivity index (χ1v) is 12.6. The Hall–Kier alpha value is -5.91. The Morgan fingerprint density at radius 2 is 1.76 bits per heavy atom. The van der Waals surface area contributed by atoms with E-state index in [1.54, 1.807) is 6.07 Å². The number of carbonyl (C=O) groups is 2. The summed E-state index contributed by atoms with van der Waals surface area (Å²) in [4.78, 5) is 35.4. The number of furan rings is 2. The Bertz CT molecular complexity index is 1750. The van der Waals surface area contributed by atoms with Crippen LogP contribution < -0.4 is 14.9 Å². The number of esters is 1. The first-order valence-electron chi connectivity index (χ1n) is 12.6. The van der Waals surface area contributed by atoms with Gasteiger partial charge in [0.2, 0.25) is 5.76 Å². The molecule has 12 nitrogen and oxygen atoms in total. The van der Waals surface area contributed by atoms with Crippen molar-refractivity contribution in [2.45, 2.75) is 20.5 Å². The maximum absolute atomic E-state index is 12.6. The van der Waals surface area contributed by atoms with E-state index in [4.69, 9.17) is 18.3 Å². The third kappa shape index (κ3) is 6.28. The zero-order valence-electron chi connectivity index (χ0n) is 22.5. The molecule has 0 saturated heterocycles. The number of amides is 1. The molecule has 0 fully saturated rings. The quantitative estimate of drug-likeness (QED) is 0.0735. The van der Waals surface area contributed by atoms with Crippen LogP contribution in [0.25, 0.3) is 5.69 Å².